The van der Waals surface area contributed by atoms with Gasteiger partial charge in [-0.3, -0.25) is 5.32 Å². The summed E-state index contributed by atoms with van der Waals surface area (Å²) >= 11 is 0. The first-order chi connectivity index (χ1) is 11.5. The molecule has 0 spiro atoms. The zero-order valence-corrected chi connectivity index (χ0v) is 12.8. The Morgan fingerprint density at radius 1 is 1.00 bits per heavy atom. The van der Waals surface area contributed by atoms with Gasteiger partial charge in [0.05, 0.1) is 5.69 Å². The molecule has 0 heterocycles. The van der Waals surface area contributed by atoms with Gasteiger partial charge in [0.1, 0.15) is 5.82 Å². The highest BCUT2D eigenvalue weighted by Crippen LogP contribution is 2.29. The van der Waals surface area contributed by atoms with E-state index in [2.05, 4.69) is 5.32 Å². The molecular formula is C16H13F4NO4. The second-order valence-corrected chi connectivity index (χ2v) is 4.79. The van der Waals surface area contributed by atoms with E-state index in [1.807, 2.05) is 31.2 Å². The van der Waals surface area contributed by atoms with Gasteiger partial charge in [-0.25, -0.2) is 14.0 Å². The van der Waals surface area contributed by atoms with Crippen LogP contribution in [0, 0.1) is 12.7 Å². The molecule has 0 aliphatic rings. The first-order valence-corrected chi connectivity index (χ1v) is 6.67. The summed E-state index contributed by atoms with van der Waals surface area (Å²) in [4.78, 5) is 19.6. The molecule has 1 amide bonds. The van der Waals surface area contributed by atoms with Crippen molar-refractivity contribution in [3.05, 3.63) is 53.8 Å². The Balaban J connectivity index is 0.000000381. The smallest absolute Gasteiger partial charge is 0.475 e. The SMILES string of the molecule is Cc1ccc(-c2ccc(F)cc2NC(=O)O)cc1.O=C(O)C(F)(F)F. The number of carboxylic acid groups (broad SMARTS) is 2. The molecule has 0 saturated heterocycles. The van der Waals surface area contributed by atoms with Gasteiger partial charge in [0, 0.05) is 5.56 Å². The van der Waals surface area contributed by atoms with Crippen molar-refractivity contribution in [1.82, 2.24) is 0 Å². The quantitative estimate of drug-likeness (QED) is 0.688. The lowest BCUT2D eigenvalue weighted by molar-refractivity contribution is -0.192. The van der Waals surface area contributed by atoms with Crippen LogP contribution >= 0.6 is 0 Å². The van der Waals surface area contributed by atoms with Gasteiger partial charge in [-0.05, 0) is 30.7 Å². The Morgan fingerprint density at radius 2 is 1.52 bits per heavy atom. The number of hydrogen-bond donors (Lipinski definition) is 3. The minimum Gasteiger partial charge on any atom is -0.475 e. The second-order valence-electron chi connectivity index (χ2n) is 4.79. The highest BCUT2D eigenvalue weighted by Gasteiger charge is 2.38. The van der Waals surface area contributed by atoms with Crippen molar-refractivity contribution in [3.8, 4) is 11.1 Å². The van der Waals surface area contributed by atoms with Crippen LogP contribution in [0.25, 0.3) is 11.1 Å². The Morgan fingerprint density at radius 3 is 1.96 bits per heavy atom. The van der Waals surface area contributed by atoms with Crippen molar-refractivity contribution < 1.29 is 37.4 Å². The number of nitrogens with one attached hydrogen (secondary N) is 1. The Bertz CT molecular complexity index is 758. The molecule has 2 aromatic carbocycles. The largest absolute Gasteiger partial charge is 0.490 e. The van der Waals surface area contributed by atoms with E-state index >= 15 is 0 Å². The van der Waals surface area contributed by atoms with Gasteiger partial charge in [0.15, 0.2) is 0 Å². The average Bonchev–Trinajstić information content (AvgIpc) is 2.47. The zero-order chi connectivity index (χ0) is 19.2. The first-order valence-electron chi connectivity index (χ1n) is 6.67. The number of rotatable bonds is 2. The third-order valence-corrected chi connectivity index (χ3v) is 2.83. The first kappa shape index (κ1) is 19.9. The lowest BCUT2D eigenvalue weighted by Gasteiger charge is -2.09. The predicted octanol–water partition coefficient (Wildman–Crippen LogP) is 4.52. The molecule has 0 atom stereocenters. The predicted molar refractivity (Wildman–Crippen MR) is 81.9 cm³/mol. The molecule has 3 N–H and O–H groups in total. The molecule has 5 nitrogen and oxygen atoms in total. The molecule has 0 bridgehead atoms. The fraction of sp³-hybridized carbons (Fsp3) is 0.125. The van der Waals surface area contributed by atoms with E-state index in [9.17, 15) is 22.4 Å². The third kappa shape index (κ3) is 6.50. The van der Waals surface area contributed by atoms with E-state index in [0.29, 0.717) is 5.56 Å². The molecule has 2 aromatic rings. The second kappa shape index (κ2) is 8.13. The number of amides is 1. The van der Waals surface area contributed by atoms with Crippen LogP contribution in [0.15, 0.2) is 42.5 Å². The van der Waals surface area contributed by atoms with Crippen molar-refractivity contribution in [2.45, 2.75) is 13.1 Å². The van der Waals surface area contributed by atoms with Crippen molar-refractivity contribution in [2.75, 3.05) is 5.32 Å². The molecule has 0 aliphatic carbocycles. The van der Waals surface area contributed by atoms with Crippen LogP contribution in [0.2, 0.25) is 0 Å². The fourth-order valence-electron chi connectivity index (χ4n) is 1.72. The summed E-state index contributed by atoms with van der Waals surface area (Å²) in [6.45, 7) is 1.96. The molecule has 25 heavy (non-hydrogen) atoms. The number of halogens is 4. The monoisotopic (exact) mass is 359 g/mol. The summed E-state index contributed by atoms with van der Waals surface area (Å²) in [5.41, 5.74) is 2.84. The summed E-state index contributed by atoms with van der Waals surface area (Å²) in [6, 6.07) is 11.6. The van der Waals surface area contributed by atoms with Crippen LogP contribution in [0.4, 0.5) is 28.0 Å². The van der Waals surface area contributed by atoms with E-state index in [0.717, 1.165) is 11.1 Å². The zero-order valence-electron chi connectivity index (χ0n) is 12.8. The molecule has 0 aromatic heterocycles. The van der Waals surface area contributed by atoms with E-state index in [1.165, 1.54) is 12.1 Å². The highest BCUT2D eigenvalue weighted by atomic mass is 19.4. The summed E-state index contributed by atoms with van der Waals surface area (Å²) in [5.74, 6) is -3.23. The van der Waals surface area contributed by atoms with Gasteiger partial charge in [-0.1, -0.05) is 29.8 Å². The van der Waals surface area contributed by atoms with Crippen LogP contribution in [-0.4, -0.2) is 28.5 Å². The molecule has 0 aliphatic heterocycles. The molecule has 0 unspecified atom stereocenters. The van der Waals surface area contributed by atoms with Gasteiger partial charge < -0.3 is 10.2 Å². The molecular weight excluding hydrogens is 346 g/mol. The topological polar surface area (TPSA) is 86.6 Å². The number of aliphatic carboxylic acids is 1. The van der Waals surface area contributed by atoms with E-state index in [1.54, 1.807) is 6.07 Å². The van der Waals surface area contributed by atoms with E-state index in [-0.39, 0.29) is 5.69 Å². The van der Waals surface area contributed by atoms with Crippen LogP contribution in [0.3, 0.4) is 0 Å². The Hall–Kier alpha value is -3.10. The van der Waals surface area contributed by atoms with Crippen molar-refractivity contribution in [2.24, 2.45) is 0 Å². The van der Waals surface area contributed by atoms with Crippen molar-refractivity contribution in [1.29, 1.82) is 0 Å². The average molecular weight is 359 g/mol. The third-order valence-electron chi connectivity index (χ3n) is 2.83. The van der Waals surface area contributed by atoms with Gasteiger partial charge in [0.2, 0.25) is 0 Å². The van der Waals surface area contributed by atoms with E-state index < -0.39 is 24.1 Å². The maximum absolute atomic E-state index is 13.1. The van der Waals surface area contributed by atoms with Gasteiger partial charge in [-0.15, -0.1) is 0 Å². The van der Waals surface area contributed by atoms with Gasteiger partial charge in [0.25, 0.3) is 0 Å². The summed E-state index contributed by atoms with van der Waals surface area (Å²) < 4.78 is 44.9. The lowest BCUT2D eigenvalue weighted by Crippen LogP contribution is -2.21. The number of benzene rings is 2. The number of carboxylic acids is 1. The van der Waals surface area contributed by atoms with Crippen LogP contribution < -0.4 is 5.32 Å². The number of alkyl halides is 3. The molecule has 9 heteroatoms. The number of anilines is 1. The van der Waals surface area contributed by atoms with Crippen LogP contribution in [0.5, 0.6) is 0 Å². The van der Waals surface area contributed by atoms with E-state index in [4.69, 9.17) is 15.0 Å². The lowest BCUT2D eigenvalue weighted by atomic mass is 10.0. The maximum Gasteiger partial charge on any atom is 0.490 e. The number of hydrogen-bond acceptors (Lipinski definition) is 2. The molecule has 0 saturated carbocycles. The Labute approximate surface area is 139 Å². The Kier molecular flexibility index (Phi) is 6.49. The summed E-state index contributed by atoms with van der Waals surface area (Å²) in [5, 5.41) is 18.1. The van der Waals surface area contributed by atoms with Gasteiger partial charge in [-0.2, -0.15) is 13.2 Å². The molecule has 0 fully saturated rings. The number of carbonyl (C=O) groups is 2. The molecule has 2 rings (SSSR count). The maximum atomic E-state index is 13.1. The highest BCUT2D eigenvalue weighted by molar-refractivity contribution is 5.90. The summed E-state index contributed by atoms with van der Waals surface area (Å²) in [7, 11) is 0. The van der Waals surface area contributed by atoms with Crippen LogP contribution in [0.1, 0.15) is 5.56 Å². The minimum absolute atomic E-state index is 0.242. The van der Waals surface area contributed by atoms with Crippen molar-refractivity contribution in [3.63, 3.8) is 0 Å². The fourth-order valence-corrected chi connectivity index (χ4v) is 1.72. The standard InChI is InChI=1S/C14H12FNO2.C2HF3O2/c1-9-2-4-10(5-3-9)12-7-6-11(15)8-13(12)16-14(17)18;3-2(4,5)1(6)7/h2-8,16H,1H3,(H,17,18);(H,6,7). The molecule has 134 valence electrons. The van der Waals surface area contributed by atoms with Gasteiger partial charge >= 0.3 is 18.2 Å². The summed E-state index contributed by atoms with van der Waals surface area (Å²) in [6.07, 6.45) is -6.30. The normalized spacial score (nSPS) is 10.4. The number of aryl methyl sites for hydroxylation is 1. The van der Waals surface area contributed by atoms with Crippen LogP contribution in [-0.2, 0) is 4.79 Å². The molecule has 0 radical (unpaired) electrons. The minimum atomic E-state index is -5.08. The van der Waals surface area contributed by atoms with Crippen molar-refractivity contribution >= 4 is 17.7 Å².